The Bertz CT molecular complexity index is 972. The van der Waals surface area contributed by atoms with Crippen molar-refractivity contribution in [2.75, 3.05) is 11.9 Å². The summed E-state index contributed by atoms with van der Waals surface area (Å²) in [5.74, 6) is -1.01. The number of nitrogens with one attached hydrogen (secondary N) is 1. The van der Waals surface area contributed by atoms with Gasteiger partial charge in [0.25, 0.3) is 15.9 Å². The molecule has 0 saturated carbocycles. The van der Waals surface area contributed by atoms with E-state index in [1.165, 1.54) is 12.1 Å². The first-order valence-corrected chi connectivity index (χ1v) is 9.34. The maximum Gasteiger partial charge on any atom is 0.269 e. The number of carbonyl (C=O) groups is 2. The maximum absolute atomic E-state index is 12.4. The van der Waals surface area contributed by atoms with Gasteiger partial charge in [0.15, 0.2) is 0 Å². The summed E-state index contributed by atoms with van der Waals surface area (Å²) in [7, 11) is -3.89. The molecule has 6 nitrogen and oxygen atoms in total. The minimum Gasteiger partial charge on any atom is -0.326 e. The van der Waals surface area contributed by atoms with E-state index >= 15 is 0 Å². The van der Waals surface area contributed by atoms with Crippen LogP contribution < -0.4 is 5.32 Å². The molecule has 0 fully saturated rings. The average molecular weight is 379 g/mol. The molecule has 0 aliphatic carbocycles. The molecule has 2 amide bonds. The number of fused-ring (bicyclic) bond motifs is 1. The minimum atomic E-state index is -3.89. The SMILES string of the molecule is Cc1ccc(NC(=O)CCN2C(=O)c3ccccc3S2(=O)=O)cc1Cl. The molecule has 2 aromatic carbocycles. The summed E-state index contributed by atoms with van der Waals surface area (Å²) in [6.45, 7) is 1.62. The van der Waals surface area contributed by atoms with Gasteiger partial charge in [0.2, 0.25) is 5.91 Å². The Labute approximate surface area is 150 Å². The Balaban J connectivity index is 1.69. The third-order valence-corrected chi connectivity index (χ3v) is 6.16. The second-order valence-electron chi connectivity index (χ2n) is 5.64. The van der Waals surface area contributed by atoms with E-state index in [4.69, 9.17) is 11.6 Å². The fraction of sp³-hybridized carbons (Fsp3) is 0.176. The van der Waals surface area contributed by atoms with Crippen molar-refractivity contribution in [1.29, 1.82) is 0 Å². The average Bonchev–Trinajstić information content (AvgIpc) is 2.76. The van der Waals surface area contributed by atoms with E-state index < -0.39 is 21.8 Å². The summed E-state index contributed by atoms with van der Waals surface area (Å²) in [5.41, 5.74) is 1.53. The van der Waals surface area contributed by atoms with Crippen LogP contribution in [0.3, 0.4) is 0 Å². The highest BCUT2D eigenvalue weighted by molar-refractivity contribution is 7.90. The molecule has 1 aliphatic heterocycles. The molecule has 130 valence electrons. The fourth-order valence-electron chi connectivity index (χ4n) is 2.55. The molecule has 2 aromatic rings. The van der Waals surface area contributed by atoms with Crippen molar-refractivity contribution in [3.8, 4) is 0 Å². The van der Waals surface area contributed by atoms with Crippen molar-refractivity contribution >= 4 is 39.1 Å². The molecule has 0 aromatic heterocycles. The normalized spacial score (nSPS) is 15.1. The first-order valence-electron chi connectivity index (χ1n) is 7.53. The van der Waals surface area contributed by atoms with Crippen molar-refractivity contribution < 1.29 is 18.0 Å². The summed E-state index contributed by atoms with van der Waals surface area (Å²) in [5, 5.41) is 3.16. The predicted molar refractivity (Wildman–Crippen MR) is 94.1 cm³/mol. The monoisotopic (exact) mass is 378 g/mol. The molecule has 3 rings (SSSR count). The number of carbonyl (C=O) groups excluding carboxylic acids is 2. The zero-order valence-electron chi connectivity index (χ0n) is 13.3. The minimum absolute atomic E-state index is 0.0225. The third-order valence-electron chi connectivity index (χ3n) is 3.91. The van der Waals surface area contributed by atoms with Gasteiger partial charge in [-0.05, 0) is 36.8 Å². The molecule has 1 N–H and O–H groups in total. The van der Waals surface area contributed by atoms with Crippen LogP contribution in [0.2, 0.25) is 5.02 Å². The number of hydrogen-bond acceptors (Lipinski definition) is 4. The quantitative estimate of drug-likeness (QED) is 0.886. The number of aryl methyl sites for hydroxylation is 1. The lowest BCUT2D eigenvalue weighted by atomic mass is 10.2. The lowest BCUT2D eigenvalue weighted by molar-refractivity contribution is -0.116. The van der Waals surface area contributed by atoms with Crippen LogP contribution in [0.5, 0.6) is 0 Å². The largest absolute Gasteiger partial charge is 0.326 e. The van der Waals surface area contributed by atoms with Gasteiger partial charge in [-0.15, -0.1) is 0 Å². The van der Waals surface area contributed by atoms with E-state index in [0.717, 1.165) is 9.87 Å². The highest BCUT2D eigenvalue weighted by Gasteiger charge is 2.40. The second-order valence-corrected chi connectivity index (χ2v) is 7.88. The van der Waals surface area contributed by atoms with E-state index in [-0.39, 0.29) is 23.4 Å². The third kappa shape index (κ3) is 3.25. The molecule has 1 aliphatic rings. The van der Waals surface area contributed by atoms with Crippen LogP contribution in [0.15, 0.2) is 47.4 Å². The van der Waals surface area contributed by atoms with E-state index in [2.05, 4.69) is 5.32 Å². The Hall–Kier alpha value is -2.38. The second kappa shape index (κ2) is 6.50. The van der Waals surface area contributed by atoms with E-state index in [9.17, 15) is 18.0 Å². The van der Waals surface area contributed by atoms with Gasteiger partial charge in [-0.1, -0.05) is 29.8 Å². The zero-order chi connectivity index (χ0) is 18.2. The Morgan fingerprint density at radius 3 is 2.60 bits per heavy atom. The van der Waals surface area contributed by atoms with E-state index in [1.807, 2.05) is 6.92 Å². The van der Waals surface area contributed by atoms with Crippen LogP contribution in [0.1, 0.15) is 22.3 Å². The van der Waals surface area contributed by atoms with Gasteiger partial charge < -0.3 is 5.32 Å². The lowest BCUT2D eigenvalue weighted by Crippen LogP contribution is -2.33. The van der Waals surface area contributed by atoms with Gasteiger partial charge in [-0.2, -0.15) is 0 Å². The molecular formula is C17H15ClN2O4S. The number of halogens is 1. The first-order chi connectivity index (χ1) is 11.8. The Morgan fingerprint density at radius 1 is 1.20 bits per heavy atom. The van der Waals surface area contributed by atoms with Gasteiger partial charge in [0, 0.05) is 23.7 Å². The molecule has 25 heavy (non-hydrogen) atoms. The van der Waals surface area contributed by atoms with Gasteiger partial charge in [-0.25, -0.2) is 12.7 Å². The smallest absolute Gasteiger partial charge is 0.269 e. The molecule has 0 unspecified atom stereocenters. The Morgan fingerprint density at radius 2 is 1.92 bits per heavy atom. The summed E-state index contributed by atoms with van der Waals surface area (Å²) in [6.07, 6.45) is -0.148. The number of benzene rings is 2. The van der Waals surface area contributed by atoms with Gasteiger partial charge in [0.1, 0.15) is 4.90 Å². The summed E-state index contributed by atoms with van der Waals surface area (Å²) in [4.78, 5) is 24.3. The topological polar surface area (TPSA) is 83.6 Å². The van der Waals surface area contributed by atoms with Crippen molar-refractivity contribution in [3.63, 3.8) is 0 Å². The van der Waals surface area contributed by atoms with Crippen LogP contribution in [0.25, 0.3) is 0 Å². The van der Waals surface area contributed by atoms with Gasteiger partial charge >= 0.3 is 0 Å². The van der Waals surface area contributed by atoms with Crippen LogP contribution in [-0.4, -0.2) is 31.1 Å². The standard InChI is InChI=1S/C17H15ClN2O4S/c1-11-6-7-12(10-14(11)18)19-16(21)8-9-20-17(22)13-4-2-3-5-15(13)25(20,23)24/h2-7,10H,8-9H2,1H3,(H,19,21). The van der Waals surface area contributed by atoms with Crippen LogP contribution in [0.4, 0.5) is 5.69 Å². The number of sulfonamides is 1. The summed E-state index contributed by atoms with van der Waals surface area (Å²) in [6, 6.07) is 11.1. The van der Waals surface area contributed by atoms with Gasteiger partial charge in [0.05, 0.1) is 5.56 Å². The van der Waals surface area contributed by atoms with Crippen molar-refractivity contribution in [1.82, 2.24) is 4.31 Å². The molecule has 0 saturated heterocycles. The summed E-state index contributed by atoms with van der Waals surface area (Å²) < 4.78 is 25.5. The maximum atomic E-state index is 12.4. The van der Waals surface area contributed by atoms with E-state index in [0.29, 0.717) is 10.7 Å². The molecule has 0 bridgehead atoms. The lowest BCUT2D eigenvalue weighted by Gasteiger charge is -2.15. The highest BCUT2D eigenvalue weighted by atomic mass is 35.5. The Kier molecular flexibility index (Phi) is 4.53. The summed E-state index contributed by atoms with van der Waals surface area (Å²) >= 11 is 6.00. The number of amides is 2. The zero-order valence-corrected chi connectivity index (χ0v) is 14.9. The first kappa shape index (κ1) is 17.4. The predicted octanol–water partition coefficient (Wildman–Crippen LogP) is 2.82. The van der Waals surface area contributed by atoms with Gasteiger partial charge in [-0.3, -0.25) is 9.59 Å². The highest BCUT2D eigenvalue weighted by Crippen LogP contribution is 2.30. The molecule has 0 atom stereocenters. The van der Waals surface area contributed by atoms with Crippen molar-refractivity contribution in [2.24, 2.45) is 0 Å². The molecule has 8 heteroatoms. The molecule has 0 spiro atoms. The molecule has 1 heterocycles. The van der Waals surface area contributed by atoms with E-state index in [1.54, 1.807) is 30.3 Å². The molecule has 0 radical (unpaired) electrons. The number of anilines is 1. The number of rotatable bonds is 4. The molecular weight excluding hydrogens is 364 g/mol. The number of nitrogens with zero attached hydrogens (tertiary/aromatic N) is 1. The van der Waals surface area contributed by atoms with Crippen LogP contribution in [-0.2, 0) is 14.8 Å². The van der Waals surface area contributed by atoms with Crippen molar-refractivity contribution in [2.45, 2.75) is 18.2 Å². The van der Waals surface area contributed by atoms with Crippen molar-refractivity contribution in [3.05, 3.63) is 58.6 Å². The van der Waals surface area contributed by atoms with Crippen LogP contribution >= 0.6 is 11.6 Å². The fourth-order valence-corrected chi connectivity index (χ4v) is 4.30. The number of hydrogen-bond donors (Lipinski definition) is 1. The van der Waals surface area contributed by atoms with Crippen LogP contribution in [0, 0.1) is 6.92 Å².